The van der Waals surface area contributed by atoms with Crippen molar-refractivity contribution in [1.82, 2.24) is 10.2 Å². The second-order valence-electron chi connectivity index (χ2n) is 4.44. The van der Waals surface area contributed by atoms with Crippen molar-refractivity contribution < 1.29 is 0 Å². The predicted octanol–water partition coefficient (Wildman–Crippen LogP) is 2.11. The Morgan fingerprint density at radius 3 is 2.50 bits per heavy atom. The van der Waals surface area contributed by atoms with E-state index in [-0.39, 0.29) is 0 Å². The molecule has 0 aliphatic heterocycles. The van der Waals surface area contributed by atoms with Gasteiger partial charge in [0, 0.05) is 13.1 Å². The van der Waals surface area contributed by atoms with E-state index in [1.165, 1.54) is 58.4 Å². The van der Waals surface area contributed by atoms with E-state index in [2.05, 4.69) is 24.1 Å². The molecule has 0 aromatic rings. The predicted molar refractivity (Wildman–Crippen MR) is 62.6 cm³/mol. The highest BCUT2D eigenvalue weighted by Crippen LogP contribution is 2.24. The molecule has 0 spiro atoms. The lowest BCUT2D eigenvalue weighted by molar-refractivity contribution is 0.267. The molecule has 0 atom stereocenters. The molecule has 0 unspecified atom stereocenters. The van der Waals surface area contributed by atoms with E-state index in [0.717, 1.165) is 5.92 Å². The quantitative estimate of drug-likeness (QED) is 0.601. The van der Waals surface area contributed by atoms with Crippen molar-refractivity contribution in [1.29, 1.82) is 0 Å². The van der Waals surface area contributed by atoms with Crippen LogP contribution in [0.3, 0.4) is 0 Å². The highest BCUT2D eigenvalue weighted by Gasteiger charge is 2.16. The Hall–Kier alpha value is -0.0800. The number of nitrogens with zero attached hydrogens (tertiary/aromatic N) is 1. The SMILES string of the molecule is CCCN(CC)CCNCC1CCC1. The van der Waals surface area contributed by atoms with E-state index < -0.39 is 0 Å². The first kappa shape index (κ1) is 12.0. The highest BCUT2D eigenvalue weighted by molar-refractivity contribution is 4.71. The third-order valence-corrected chi connectivity index (χ3v) is 3.25. The molecule has 0 aromatic carbocycles. The summed E-state index contributed by atoms with van der Waals surface area (Å²) in [6.07, 6.45) is 5.65. The van der Waals surface area contributed by atoms with Crippen LogP contribution in [0.15, 0.2) is 0 Å². The first-order chi connectivity index (χ1) is 6.86. The second kappa shape index (κ2) is 7.24. The van der Waals surface area contributed by atoms with Gasteiger partial charge in [-0.2, -0.15) is 0 Å². The summed E-state index contributed by atoms with van der Waals surface area (Å²) in [6.45, 7) is 10.6. The Labute approximate surface area is 89.1 Å². The van der Waals surface area contributed by atoms with Crippen molar-refractivity contribution in [3.05, 3.63) is 0 Å². The third kappa shape index (κ3) is 4.43. The van der Waals surface area contributed by atoms with Gasteiger partial charge in [0.05, 0.1) is 0 Å². The molecule has 0 radical (unpaired) electrons. The van der Waals surface area contributed by atoms with Gasteiger partial charge in [-0.05, 0) is 44.8 Å². The summed E-state index contributed by atoms with van der Waals surface area (Å²) in [5.74, 6) is 0.997. The first-order valence-electron chi connectivity index (χ1n) is 6.29. The zero-order valence-corrected chi connectivity index (χ0v) is 9.89. The maximum Gasteiger partial charge on any atom is 0.0107 e. The molecule has 0 saturated heterocycles. The first-order valence-corrected chi connectivity index (χ1v) is 6.29. The molecular formula is C12H26N2. The van der Waals surface area contributed by atoms with Gasteiger partial charge in [0.2, 0.25) is 0 Å². The van der Waals surface area contributed by atoms with E-state index >= 15 is 0 Å². The second-order valence-corrected chi connectivity index (χ2v) is 4.44. The average molecular weight is 198 g/mol. The molecule has 2 nitrogen and oxygen atoms in total. The van der Waals surface area contributed by atoms with Gasteiger partial charge in [0.15, 0.2) is 0 Å². The Morgan fingerprint density at radius 2 is 2.00 bits per heavy atom. The minimum Gasteiger partial charge on any atom is -0.315 e. The van der Waals surface area contributed by atoms with Gasteiger partial charge in [-0.3, -0.25) is 0 Å². The molecule has 1 aliphatic carbocycles. The number of rotatable bonds is 8. The molecule has 1 fully saturated rings. The van der Waals surface area contributed by atoms with Gasteiger partial charge < -0.3 is 10.2 Å². The van der Waals surface area contributed by atoms with Crippen LogP contribution >= 0.6 is 0 Å². The van der Waals surface area contributed by atoms with Crippen LogP contribution in [-0.2, 0) is 0 Å². The van der Waals surface area contributed by atoms with Crippen LogP contribution in [0.4, 0.5) is 0 Å². The van der Waals surface area contributed by atoms with Gasteiger partial charge in [-0.15, -0.1) is 0 Å². The largest absolute Gasteiger partial charge is 0.315 e. The zero-order valence-electron chi connectivity index (χ0n) is 9.89. The monoisotopic (exact) mass is 198 g/mol. The fourth-order valence-corrected chi connectivity index (χ4v) is 1.98. The fraction of sp³-hybridized carbons (Fsp3) is 1.00. The van der Waals surface area contributed by atoms with Crippen molar-refractivity contribution in [2.24, 2.45) is 5.92 Å². The summed E-state index contributed by atoms with van der Waals surface area (Å²) in [6, 6.07) is 0. The van der Waals surface area contributed by atoms with E-state index in [1.807, 2.05) is 0 Å². The van der Waals surface area contributed by atoms with E-state index in [4.69, 9.17) is 0 Å². The molecule has 1 saturated carbocycles. The van der Waals surface area contributed by atoms with Crippen LogP contribution in [0, 0.1) is 5.92 Å². The molecule has 1 aliphatic rings. The summed E-state index contributed by atoms with van der Waals surface area (Å²) >= 11 is 0. The van der Waals surface area contributed by atoms with Crippen molar-refractivity contribution in [2.75, 3.05) is 32.7 Å². The lowest BCUT2D eigenvalue weighted by atomic mass is 9.85. The maximum atomic E-state index is 3.57. The van der Waals surface area contributed by atoms with Crippen molar-refractivity contribution in [3.63, 3.8) is 0 Å². The summed E-state index contributed by atoms with van der Waals surface area (Å²) in [5, 5.41) is 3.57. The standard InChI is InChI=1S/C12H26N2/c1-3-9-14(4-2)10-8-13-11-12-6-5-7-12/h12-13H,3-11H2,1-2H3. The normalized spacial score (nSPS) is 17.4. The summed E-state index contributed by atoms with van der Waals surface area (Å²) < 4.78 is 0. The lowest BCUT2D eigenvalue weighted by Gasteiger charge is -2.26. The zero-order chi connectivity index (χ0) is 10.2. The summed E-state index contributed by atoms with van der Waals surface area (Å²) in [4.78, 5) is 2.52. The molecule has 0 amide bonds. The molecule has 2 heteroatoms. The smallest absolute Gasteiger partial charge is 0.0107 e. The van der Waals surface area contributed by atoms with Gasteiger partial charge in [0.1, 0.15) is 0 Å². The molecule has 0 aromatic heterocycles. The molecular weight excluding hydrogens is 172 g/mol. The molecule has 1 N–H and O–H groups in total. The topological polar surface area (TPSA) is 15.3 Å². The van der Waals surface area contributed by atoms with Gasteiger partial charge in [-0.1, -0.05) is 20.3 Å². The third-order valence-electron chi connectivity index (χ3n) is 3.25. The van der Waals surface area contributed by atoms with Crippen LogP contribution in [0.2, 0.25) is 0 Å². The van der Waals surface area contributed by atoms with Crippen LogP contribution in [0.5, 0.6) is 0 Å². The number of hydrogen-bond donors (Lipinski definition) is 1. The van der Waals surface area contributed by atoms with Gasteiger partial charge in [-0.25, -0.2) is 0 Å². The molecule has 84 valence electrons. The van der Waals surface area contributed by atoms with Gasteiger partial charge >= 0.3 is 0 Å². The maximum absolute atomic E-state index is 3.57. The van der Waals surface area contributed by atoms with Crippen LogP contribution in [0.1, 0.15) is 39.5 Å². The van der Waals surface area contributed by atoms with E-state index in [1.54, 1.807) is 0 Å². The van der Waals surface area contributed by atoms with Crippen molar-refractivity contribution in [2.45, 2.75) is 39.5 Å². The fourth-order valence-electron chi connectivity index (χ4n) is 1.98. The molecule has 0 bridgehead atoms. The van der Waals surface area contributed by atoms with Crippen molar-refractivity contribution in [3.8, 4) is 0 Å². The van der Waals surface area contributed by atoms with Crippen LogP contribution in [0.25, 0.3) is 0 Å². The van der Waals surface area contributed by atoms with E-state index in [9.17, 15) is 0 Å². The summed E-state index contributed by atoms with van der Waals surface area (Å²) in [5.41, 5.74) is 0. The van der Waals surface area contributed by atoms with Crippen LogP contribution < -0.4 is 5.32 Å². The Morgan fingerprint density at radius 1 is 1.21 bits per heavy atom. The molecule has 1 rings (SSSR count). The summed E-state index contributed by atoms with van der Waals surface area (Å²) in [7, 11) is 0. The number of likely N-dealkylation sites (N-methyl/N-ethyl adjacent to an activating group) is 1. The van der Waals surface area contributed by atoms with Crippen molar-refractivity contribution >= 4 is 0 Å². The lowest BCUT2D eigenvalue weighted by Crippen LogP contribution is -2.35. The van der Waals surface area contributed by atoms with Crippen LogP contribution in [-0.4, -0.2) is 37.6 Å². The Balaban J connectivity index is 1.89. The Bertz CT molecular complexity index is 132. The average Bonchev–Trinajstić information content (AvgIpc) is 2.13. The molecule has 14 heavy (non-hydrogen) atoms. The molecule has 0 heterocycles. The highest BCUT2D eigenvalue weighted by atomic mass is 15.1. The number of nitrogens with one attached hydrogen (secondary N) is 1. The minimum atomic E-state index is 0.997. The Kier molecular flexibility index (Phi) is 6.20. The minimum absolute atomic E-state index is 0.997. The van der Waals surface area contributed by atoms with Gasteiger partial charge in [0.25, 0.3) is 0 Å². The van der Waals surface area contributed by atoms with E-state index in [0.29, 0.717) is 0 Å². The number of hydrogen-bond acceptors (Lipinski definition) is 2.